The summed E-state index contributed by atoms with van der Waals surface area (Å²) in [6.45, 7) is 4.88. The van der Waals surface area contributed by atoms with Gasteiger partial charge in [0.05, 0.1) is 19.3 Å². The van der Waals surface area contributed by atoms with Crippen LogP contribution in [0.3, 0.4) is 0 Å². The van der Waals surface area contributed by atoms with Crippen molar-refractivity contribution >= 4 is 0 Å². The SMILES string of the molecule is COc1cc(C)nc(CNCc2nc(C)no2)c1. The summed E-state index contributed by atoms with van der Waals surface area (Å²) in [5.41, 5.74) is 1.85. The predicted octanol–water partition coefficient (Wildman–Crippen LogP) is 1.38. The van der Waals surface area contributed by atoms with Gasteiger partial charge in [-0.2, -0.15) is 4.98 Å². The van der Waals surface area contributed by atoms with Crippen molar-refractivity contribution in [1.82, 2.24) is 20.4 Å². The molecule has 2 aromatic heterocycles. The fourth-order valence-electron chi connectivity index (χ4n) is 1.62. The Labute approximate surface area is 105 Å². The summed E-state index contributed by atoms with van der Waals surface area (Å²) in [5.74, 6) is 2.03. The fourth-order valence-corrected chi connectivity index (χ4v) is 1.62. The third-order valence-corrected chi connectivity index (χ3v) is 2.37. The summed E-state index contributed by atoms with van der Waals surface area (Å²) in [7, 11) is 1.65. The lowest BCUT2D eigenvalue weighted by Crippen LogP contribution is -2.14. The molecule has 0 aliphatic carbocycles. The number of nitrogens with zero attached hydrogens (tertiary/aromatic N) is 3. The molecule has 0 aliphatic heterocycles. The Morgan fingerprint density at radius 3 is 2.72 bits per heavy atom. The van der Waals surface area contributed by atoms with Crippen LogP contribution in [0.25, 0.3) is 0 Å². The zero-order chi connectivity index (χ0) is 13.0. The first kappa shape index (κ1) is 12.5. The van der Waals surface area contributed by atoms with Crippen molar-refractivity contribution < 1.29 is 9.26 Å². The van der Waals surface area contributed by atoms with Crippen molar-refractivity contribution in [1.29, 1.82) is 0 Å². The monoisotopic (exact) mass is 248 g/mol. The van der Waals surface area contributed by atoms with E-state index in [4.69, 9.17) is 9.26 Å². The van der Waals surface area contributed by atoms with Crippen molar-refractivity contribution in [2.24, 2.45) is 0 Å². The quantitative estimate of drug-likeness (QED) is 0.861. The van der Waals surface area contributed by atoms with Crippen molar-refractivity contribution in [3.05, 3.63) is 35.2 Å². The molecule has 0 spiro atoms. The van der Waals surface area contributed by atoms with Gasteiger partial charge >= 0.3 is 0 Å². The van der Waals surface area contributed by atoms with Crippen LogP contribution in [-0.4, -0.2) is 22.2 Å². The first-order chi connectivity index (χ1) is 8.67. The van der Waals surface area contributed by atoms with E-state index in [2.05, 4.69) is 20.4 Å². The number of ether oxygens (including phenoxy) is 1. The Morgan fingerprint density at radius 2 is 2.06 bits per heavy atom. The van der Waals surface area contributed by atoms with Crippen LogP contribution in [0.5, 0.6) is 5.75 Å². The molecule has 0 bridgehead atoms. The van der Waals surface area contributed by atoms with Crippen molar-refractivity contribution in [2.45, 2.75) is 26.9 Å². The summed E-state index contributed by atoms with van der Waals surface area (Å²) in [4.78, 5) is 8.52. The number of hydrogen-bond acceptors (Lipinski definition) is 6. The first-order valence-corrected chi connectivity index (χ1v) is 5.69. The van der Waals surface area contributed by atoms with Crippen LogP contribution in [0, 0.1) is 13.8 Å². The van der Waals surface area contributed by atoms with Crippen molar-refractivity contribution in [3.8, 4) is 5.75 Å². The van der Waals surface area contributed by atoms with Gasteiger partial charge in [-0.3, -0.25) is 4.98 Å². The van der Waals surface area contributed by atoms with Gasteiger partial charge in [-0.15, -0.1) is 0 Å². The third-order valence-electron chi connectivity index (χ3n) is 2.37. The number of pyridine rings is 1. The maximum Gasteiger partial charge on any atom is 0.240 e. The molecule has 0 aromatic carbocycles. The van der Waals surface area contributed by atoms with E-state index < -0.39 is 0 Å². The number of rotatable bonds is 5. The van der Waals surface area contributed by atoms with Gasteiger partial charge in [0.2, 0.25) is 5.89 Å². The molecule has 0 saturated carbocycles. The maximum atomic E-state index is 5.19. The molecule has 0 unspecified atom stereocenters. The smallest absolute Gasteiger partial charge is 0.240 e. The van der Waals surface area contributed by atoms with Crippen LogP contribution in [0.2, 0.25) is 0 Å². The van der Waals surface area contributed by atoms with E-state index in [1.165, 1.54) is 0 Å². The van der Waals surface area contributed by atoms with Crippen molar-refractivity contribution in [3.63, 3.8) is 0 Å². The average Bonchev–Trinajstić information content (AvgIpc) is 2.74. The Morgan fingerprint density at radius 1 is 1.22 bits per heavy atom. The van der Waals surface area contributed by atoms with Gasteiger partial charge in [-0.1, -0.05) is 5.16 Å². The van der Waals surface area contributed by atoms with E-state index in [0.29, 0.717) is 24.8 Å². The van der Waals surface area contributed by atoms with E-state index in [1.54, 1.807) is 14.0 Å². The molecule has 0 fully saturated rings. The van der Waals surface area contributed by atoms with Crippen LogP contribution in [0.1, 0.15) is 23.1 Å². The normalized spacial score (nSPS) is 10.6. The Hall–Kier alpha value is -1.95. The standard InChI is InChI=1S/C12H16N4O2/c1-8-4-11(17-3)5-10(14-8)6-13-7-12-15-9(2)16-18-12/h4-5,13H,6-7H2,1-3H3. The van der Waals surface area contributed by atoms with E-state index in [0.717, 1.165) is 17.1 Å². The van der Waals surface area contributed by atoms with Crippen LogP contribution >= 0.6 is 0 Å². The zero-order valence-electron chi connectivity index (χ0n) is 10.7. The molecule has 0 atom stereocenters. The molecule has 0 saturated heterocycles. The second kappa shape index (κ2) is 5.59. The zero-order valence-corrected chi connectivity index (χ0v) is 10.7. The van der Waals surface area contributed by atoms with Gasteiger partial charge in [-0.05, 0) is 13.8 Å². The van der Waals surface area contributed by atoms with E-state index >= 15 is 0 Å². The molecular formula is C12H16N4O2. The van der Waals surface area contributed by atoms with Crippen LogP contribution in [0.4, 0.5) is 0 Å². The fraction of sp³-hybridized carbons (Fsp3) is 0.417. The summed E-state index contributed by atoms with van der Waals surface area (Å²) in [5, 5.41) is 6.92. The Bertz CT molecular complexity index is 525. The molecule has 18 heavy (non-hydrogen) atoms. The highest BCUT2D eigenvalue weighted by Gasteiger charge is 2.03. The lowest BCUT2D eigenvalue weighted by molar-refractivity contribution is 0.363. The number of methoxy groups -OCH3 is 1. The van der Waals surface area contributed by atoms with Gasteiger partial charge in [-0.25, -0.2) is 0 Å². The highest BCUT2D eigenvalue weighted by molar-refractivity contribution is 5.26. The number of aryl methyl sites for hydroxylation is 2. The molecule has 2 heterocycles. The largest absolute Gasteiger partial charge is 0.497 e. The van der Waals surface area contributed by atoms with Gasteiger partial charge < -0.3 is 14.6 Å². The molecule has 0 aliphatic rings. The lowest BCUT2D eigenvalue weighted by atomic mass is 10.3. The first-order valence-electron chi connectivity index (χ1n) is 5.69. The molecule has 2 aromatic rings. The van der Waals surface area contributed by atoms with E-state index in [9.17, 15) is 0 Å². The summed E-state index contributed by atoms with van der Waals surface area (Å²) < 4.78 is 10.2. The summed E-state index contributed by atoms with van der Waals surface area (Å²) in [6.07, 6.45) is 0. The number of aromatic nitrogens is 3. The van der Waals surface area contributed by atoms with Gasteiger partial charge in [0, 0.05) is 24.4 Å². The number of nitrogens with one attached hydrogen (secondary N) is 1. The van der Waals surface area contributed by atoms with Gasteiger partial charge in [0.25, 0.3) is 0 Å². The molecule has 96 valence electrons. The molecule has 6 nitrogen and oxygen atoms in total. The molecule has 0 amide bonds. The molecule has 2 rings (SSSR count). The predicted molar refractivity (Wildman–Crippen MR) is 65.1 cm³/mol. The minimum absolute atomic E-state index is 0.527. The highest BCUT2D eigenvalue weighted by Crippen LogP contribution is 2.13. The molecule has 1 N–H and O–H groups in total. The average molecular weight is 248 g/mol. The number of hydrogen-bond donors (Lipinski definition) is 1. The van der Waals surface area contributed by atoms with Crippen LogP contribution in [0.15, 0.2) is 16.7 Å². The van der Waals surface area contributed by atoms with E-state index in [-0.39, 0.29) is 0 Å². The second-order valence-electron chi connectivity index (χ2n) is 3.98. The topological polar surface area (TPSA) is 73.1 Å². The third kappa shape index (κ3) is 3.27. The van der Waals surface area contributed by atoms with Gasteiger partial charge in [0.15, 0.2) is 5.82 Å². The maximum absolute atomic E-state index is 5.19. The van der Waals surface area contributed by atoms with Gasteiger partial charge in [0.1, 0.15) is 5.75 Å². The second-order valence-corrected chi connectivity index (χ2v) is 3.98. The minimum atomic E-state index is 0.527. The summed E-state index contributed by atoms with van der Waals surface area (Å²) in [6, 6.07) is 3.80. The minimum Gasteiger partial charge on any atom is -0.497 e. The summed E-state index contributed by atoms with van der Waals surface area (Å²) >= 11 is 0. The van der Waals surface area contributed by atoms with E-state index in [1.807, 2.05) is 19.1 Å². The lowest BCUT2D eigenvalue weighted by Gasteiger charge is -2.06. The Balaban J connectivity index is 1.91. The Kier molecular flexibility index (Phi) is 3.88. The van der Waals surface area contributed by atoms with Crippen LogP contribution in [-0.2, 0) is 13.1 Å². The molecule has 0 radical (unpaired) electrons. The molecular weight excluding hydrogens is 232 g/mol. The van der Waals surface area contributed by atoms with Crippen molar-refractivity contribution in [2.75, 3.05) is 7.11 Å². The van der Waals surface area contributed by atoms with Crippen LogP contribution < -0.4 is 10.1 Å². The molecule has 6 heteroatoms. The highest BCUT2D eigenvalue weighted by atomic mass is 16.5.